The first-order valence-electron chi connectivity index (χ1n) is 8.79. The van der Waals surface area contributed by atoms with E-state index in [9.17, 15) is 20.2 Å². The summed E-state index contributed by atoms with van der Waals surface area (Å²) in [7, 11) is 0. The van der Waals surface area contributed by atoms with Gasteiger partial charge in [-0.3, -0.25) is 19.5 Å². The summed E-state index contributed by atoms with van der Waals surface area (Å²) < 4.78 is 7.38. The van der Waals surface area contributed by atoms with Gasteiger partial charge >= 0.3 is 0 Å². The molecule has 0 saturated carbocycles. The van der Waals surface area contributed by atoms with Gasteiger partial charge in [-0.25, -0.2) is 0 Å². The number of nitrogens with zero attached hydrogens (tertiary/aromatic N) is 3. The number of hydrogen-bond acceptors (Lipinski definition) is 6. The van der Waals surface area contributed by atoms with Crippen LogP contribution in [0.25, 0.3) is 16.6 Å². The SMILES string of the molecule is N#Cc1cc2ccc(O[C@H]3CCNC3)cc2n(-c2ccc([N+](=O)[O-])cc2)c1=O. The Bertz CT molecular complexity index is 1160. The van der Waals surface area contributed by atoms with Crippen molar-refractivity contribution in [1.29, 1.82) is 5.26 Å². The Morgan fingerprint density at radius 3 is 2.64 bits per heavy atom. The van der Waals surface area contributed by atoms with Crippen LogP contribution in [0.3, 0.4) is 0 Å². The Labute approximate surface area is 159 Å². The van der Waals surface area contributed by atoms with E-state index in [1.807, 2.05) is 12.1 Å². The molecular weight excluding hydrogens is 360 g/mol. The topological polar surface area (TPSA) is 110 Å². The van der Waals surface area contributed by atoms with Gasteiger partial charge in [0.1, 0.15) is 23.5 Å². The lowest BCUT2D eigenvalue weighted by Gasteiger charge is -2.15. The van der Waals surface area contributed by atoms with Crippen LogP contribution >= 0.6 is 0 Å². The van der Waals surface area contributed by atoms with Crippen molar-refractivity contribution in [2.24, 2.45) is 0 Å². The molecule has 8 heteroatoms. The van der Waals surface area contributed by atoms with Gasteiger partial charge in [0.25, 0.3) is 11.2 Å². The number of rotatable bonds is 4. The monoisotopic (exact) mass is 376 g/mol. The highest BCUT2D eigenvalue weighted by Crippen LogP contribution is 2.25. The molecule has 1 aliphatic rings. The highest BCUT2D eigenvalue weighted by Gasteiger charge is 2.17. The molecule has 8 nitrogen and oxygen atoms in total. The van der Waals surface area contributed by atoms with Crippen molar-refractivity contribution in [3.63, 3.8) is 0 Å². The molecule has 3 aromatic rings. The third kappa shape index (κ3) is 3.19. The Balaban J connectivity index is 1.88. The molecule has 2 heterocycles. The van der Waals surface area contributed by atoms with Gasteiger partial charge in [-0.05, 0) is 43.3 Å². The van der Waals surface area contributed by atoms with E-state index < -0.39 is 10.5 Å². The predicted octanol–water partition coefficient (Wildman–Crippen LogP) is 2.51. The molecule has 0 unspecified atom stereocenters. The van der Waals surface area contributed by atoms with E-state index in [4.69, 9.17) is 4.74 Å². The van der Waals surface area contributed by atoms with Gasteiger partial charge in [0, 0.05) is 35.8 Å². The van der Waals surface area contributed by atoms with Crippen LogP contribution in [-0.2, 0) is 0 Å². The molecule has 0 aliphatic carbocycles. The Morgan fingerprint density at radius 1 is 1.21 bits per heavy atom. The first kappa shape index (κ1) is 17.7. The molecule has 0 radical (unpaired) electrons. The zero-order valence-electron chi connectivity index (χ0n) is 14.8. The number of non-ortho nitro benzene ring substituents is 1. The summed E-state index contributed by atoms with van der Waals surface area (Å²) in [5.41, 5.74) is 0.456. The number of hydrogen-bond donors (Lipinski definition) is 1. The summed E-state index contributed by atoms with van der Waals surface area (Å²) in [6, 6.07) is 14.5. The molecule has 1 saturated heterocycles. The van der Waals surface area contributed by atoms with Crippen molar-refractivity contribution in [3.05, 3.63) is 74.6 Å². The van der Waals surface area contributed by atoms with Crippen LogP contribution in [0.5, 0.6) is 5.75 Å². The van der Waals surface area contributed by atoms with Gasteiger partial charge in [-0.15, -0.1) is 0 Å². The number of ether oxygens (including phenoxy) is 1. The van der Waals surface area contributed by atoms with E-state index in [1.54, 1.807) is 18.2 Å². The molecule has 0 amide bonds. The maximum absolute atomic E-state index is 12.8. The Hall–Kier alpha value is -3.70. The van der Waals surface area contributed by atoms with Crippen molar-refractivity contribution in [3.8, 4) is 17.5 Å². The molecule has 28 heavy (non-hydrogen) atoms. The van der Waals surface area contributed by atoms with Crippen LogP contribution in [0.1, 0.15) is 12.0 Å². The fourth-order valence-electron chi connectivity index (χ4n) is 3.34. The van der Waals surface area contributed by atoms with Gasteiger partial charge in [-0.2, -0.15) is 5.26 Å². The van der Waals surface area contributed by atoms with Crippen molar-refractivity contribution in [1.82, 2.24) is 9.88 Å². The number of aromatic nitrogens is 1. The zero-order valence-corrected chi connectivity index (χ0v) is 14.8. The highest BCUT2D eigenvalue weighted by molar-refractivity contribution is 5.83. The summed E-state index contributed by atoms with van der Waals surface area (Å²) in [5.74, 6) is 0.626. The number of pyridine rings is 1. The minimum absolute atomic E-state index is 0.000450. The van der Waals surface area contributed by atoms with E-state index in [2.05, 4.69) is 5.32 Å². The molecule has 1 aromatic heterocycles. The quantitative estimate of drug-likeness (QED) is 0.553. The first-order valence-corrected chi connectivity index (χ1v) is 8.79. The lowest BCUT2D eigenvalue weighted by atomic mass is 10.1. The maximum Gasteiger partial charge on any atom is 0.273 e. The molecule has 2 aromatic carbocycles. The van der Waals surface area contributed by atoms with Crippen LogP contribution in [0.4, 0.5) is 5.69 Å². The number of nitro groups is 1. The minimum Gasteiger partial charge on any atom is -0.489 e. The molecule has 140 valence electrons. The molecule has 1 fully saturated rings. The predicted molar refractivity (Wildman–Crippen MR) is 103 cm³/mol. The normalized spacial score (nSPS) is 16.0. The third-order valence-electron chi connectivity index (χ3n) is 4.73. The average Bonchev–Trinajstić information content (AvgIpc) is 3.21. The Morgan fingerprint density at radius 2 is 2.00 bits per heavy atom. The van der Waals surface area contributed by atoms with E-state index in [-0.39, 0.29) is 17.4 Å². The van der Waals surface area contributed by atoms with Gasteiger partial charge in [0.05, 0.1) is 10.4 Å². The van der Waals surface area contributed by atoms with Crippen LogP contribution < -0.4 is 15.6 Å². The van der Waals surface area contributed by atoms with E-state index in [0.717, 1.165) is 19.5 Å². The molecular formula is C20H16N4O4. The van der Waals surface area contributed by atoms with Crippen molar-refractivity contribution in [2.75, 3.05) is 13.1 Å². The number of nitriles is 1. The molecule has 0 spiro atoms. The smallest absolute Gasteiger partial charge is 0.273 e. The average molecular weight is 376 g/mol. The van der Waals surface area contributed by atoms with E-state index >= 15 is 0 Å². The summed E-state index contributed by atoms with van der Waals surface area (Å²) in [6.45, 7) is 1.66. The fraction of sp³-hybridized carbons (Fsp3) is 0.200. The molecule has 4 rings (SSSR count). The summed E-state index contributed by atoms with van der Waals surface area (Å²) in [6.07, 6.45) is 0.969. The summed E-state index contributed by atoms with van der Waals surface area (Å²) >= 11 is 0. The summed E-state index contributed by atoms with van der Waals surface area (Å²) in [4.78, 5) is 23.3. The molecule has 0 bridgehead atoms. The van der Waals surface area contributed by atoms with Crippen LogP contribution in [0.2, 0.25) is 0 Å². The largest absolute Gasteiger partial charge is 0.489 e. The minimum atomic E-state index is -0.502. The zero-order chi connectivity index (χ0) is 19.7. The molecule has 1 N–H and O–H groups in total. The lowest BCUT2D eigenvalue weighted by Crippen LogP contribution is -2.22. The Kier molecular flexibility index (Phi) is 4.51. The van der Waals surface area contributed by atoms with Crippen molar-refractivity contribution < 1.29 is 9.66 Å². The van der Waals surface area contributed by atoms with Crippen molar-refractivity contribution >= 4 is 16.6 Å². The third-order valence-corrected chi connectivity index (χ3v) is 4.73. The van der Waals surface area contributed by atoms with Gasteiger partial charge < -0.3 is 10.1 Å². The number of fused-ring (bicyclic) bond motifs is 1. The van der Waals surface area contributed by atoms with E-state index in [0.29, 0.717) is 22.3 Å². The van der Waals surface area contributed by atoms with Crippen molar-refractivity contribution in [2.45, 2.75) is 12.5 Å². The highest BCUT2D eigenvalue weighted by atomic mass is 16.6. The van der Waals surface area contributed by atoms with Crippen LogP contribution in [0.15, 0.2) is 53.3 Å². The van der Waals surface area contributed by atoms with Gasteiger partial charge in [-0.1, -0.05) is 0 Å². The molecule has 1 aliphatic heterocycles. The van der Waals surface area contributed by atoms with E-state index in [1.165, 1.54) is 28.8 Å². The second-order valence-corrected chi connectivity index (χ2v) is 6.54. The van der Waals surface area contributed by atoms with Gasteiger partial charge in [0.2, 0.25) is 0 Å². The number of nitro benzene ring substituents is 1. The second-order valence-electron chi connectivity index (χ2n) is 6.54. The first-order chi connectivity index (χ1) is 13.6. The second kappa shape index (κ2) is 7.13. The standard InChI is InChI=1S/C20H16N4O4/c21-11-14-9-13-1-6-17(28-18-7-8-22-12-18)10-19(13)23(20(14)25)15-2-4-16(5-3-15)24(26)27/h1-6,9-10,18,22H,7-8,12H2/t18-/m0/s1. The summed E-state index contributed by atoms with van der Waals surface area (Å²) in [5, 5.41) is 24.2. The number of nitrogens with one attached hydrogen (secondary N) is 1. The molecule has 1 atom stereocenters. The van der Waals surface area contributed by atoms with Crippen LogP contribution in [0, 0.1) is 21.4 Å². The maximum atomic E-state index is 12.8. The van der Waals surface area contributed by atoms with Crippen LogP contribution in [-0.4, -0.2) is 28.7 Å². The lowest BCUT2D eigenvalue weighted by molar-refractivity contribution is -0.384. The van der Waals surface area contributed by atoms with Gasteiger partial charge in [0.15, 0.2) is 0 Å². The number of benzene rings is 2. The fourth-order valence-corrected chi connectivity index (χ4v) is 3.34.